The molecule has 1 fully saturated rings. The number of pyridine rings is 1. The molecule has 0 saturated heterocycles. The Bertz CT molecular complexity index is 1170. The first-order valence-electron chi connectivity index (χ1n) is 9.56. The molecule has 5 rings (SSSR count). The van der Waals surface area contributed by atoms with Crippen LogP contribution in [0.25, 0.3) is 22.0 Å². The van der Waals surface area contributed by atoms with Gasteiger partial charge in [0.1, 0.15) is 0 Å². The molecule has 0 atom stereocenters. The third-order valence-corrected chi connectivity index (χ3v) is 5.47. The van der Waals surface area contributed by atoms with E-state index in [1.807, 2.05) is 42.7 Å². The second kappa shape index (κ2) is 6.64. The monoisotopic (exact) mass is 368 g/mol. The highest BCUT2D eigenvalue weighted by atomic mass is 16.4. The fourth-order valence-corrected chi connectivity index (χ4v) is 3.80. The summed E-state index contributed by atoms with van der Waals surface area (Å²) < 4.78 is 0. The van der Waals surface area contributed by atoms with E-state index in [-0.39, 0.29) is 0 Å². The molecule has 2 N–H and O–H groups in total. The van der Waals surface area contributed by atoms with Crippen molar-refractivity contribution in [1.29, 1.82) is 0 Å². The molecule has 28 heavy (non-hydrogen) atoms. The highest BCUT2D eigenvalue weighted by Gasteiger charge is 2.25. The summed E-state index contributed by atoms with van der Waals surface area (Å²) in [6.45, 7) is 0. The van der Waals surface area contributed by atoms with E-state index in [0.29, 0.717) is 23.6 Å². The van der Waals surface area contributed by atoms with E-state index in [9.17, 15) is 9.90 Å². The van der Waals surface area contributed by atoms with Gasteiger partial charge in [0.05, 0.1) is 11.3 Å². The molecule has 0 bridgehead atoms. The van der Waals surface area contributed by atoms with E-state index >= 15 is 0 Å². The third-order valence-electron chi connectivity index (χ3n) is 5.47. The number of nitrogens with zero attached hydrogens (tertiary/aromatic N) is 1. The zero-order valence-electron chi connectivity index (χ0n) is 15.4. The van der Waals surface area contributed by atoms with Crippen molar-refractivity contribution >= 4 is 16.9 Å². The smallest absolute Gasteiger partial charge is 0.337 e. The Morgan fingerprint density at radius 3 is 2.68 bits per heavy atom. The second-order valence-electron chi connectivity index (χ2n) is 7.47. The Hall–Kier alpha value is -3.40. The SMILES string of the molecule is O=C(O)c1cc(C2CC2)cnc1Cc1ccc2[nH]cc(-c3ccccc3)c2c1. The van der Waals surface area contributed by atoms with Crippen LogP contribution in [0.1, 0.15) is 45.9 Å². The lowest BCUT2D eigenvalue weighted by molar-refractivity contribution is 0.0695. The number of carboxylic acid groups (broad SMARTS) is 1. The first kappa shape index (κ1) is 16.8. The van der Waals surface area contributed by atoms with Gasteiger partial charge in [0.15, 0.2) is 0 Å². The summed E-state index contributed by atoms with van der Waals surface area (Å²) in [5, 5.41) is 10.8. The molecule has 2 aromatic heterocycles. The predicted octanol–water partition coefficient (Wildman–Crippen LogP) is 5.40. The number of hydrogen-bond donors (Lipinski definition) is 2. The molecule has 2 aromatic carbocycles. The molecule has 1 aliphatic rings. The number of benzene rings is 2. The lowest BCUT2D eigenvalue weighted by Crippen LogP contribution is -2.07. The first-order chi connectivity index (χ1) is 13.7. The Labute approximate surface area is 162 Å². The van der Waals surface area contributed by atoms with Gasteiger partial charge in [-0.25, -0.2) is 4.79 Å². The number of aromatic carboxylic acids is 1. The van der Waals surface area contributed by atoms with E-state index in [1.54, 1.807) is 0 Å². The average Bonchev–Trinajstić information content (AvgIpc) is 3.48. The maximum Gasteiger partial charge on any atom is 0.337 e. The topological polar surface area (TPSA) is 66.0 Å². The summed E-state index contributed by atoms with van der Waals surface area (Å²) in [4.78, 5) is 19.6. The van der Waals surface area contributed by atoms with Crippen molar-refractivity contribution in [1.82, 2.24) is 9.97 Å². The van der Waals surface area contributed by atoms with Crippen LogP contribution >= 0.6 is 0 Å². The van der Waals surface area contributed by atoms with Gasteiger partial charge < -0.3 is 10.1 Å². The summed E-state index contributed by atoms with van der Waals surface area (Å²) >= 11 is 0. The molecular formula is C24H20N2O2. The van der Waals surface area contributed by atoms with Crippen molar-refractivity contribution in [3.05, 3.63) is 89.4 Å². The normalized spacial score (nSPS) is 13.7. The van der Waals surface area contributed by atoms with Crippen molar-refractivity contribution in [2.45, 2.75) is 25.2 Å². The minimum atomic E-state index is -0.905. The molecule has 0 unspecified atom stereocenters. The Kier molecular flexibility index (Phi) is 3.97. The number of carbonyl (C=O) groups is 1. The van der Waals surface area contributed by atoms with Crippen LogP contribution in [-0.2, 0) is 6.42 Å². The summed E-state index contributed by atoms with van der Waals surface area (Å²) in [6.07, 6.45) is 6.64. The molecular weight excluding hydrogens is 348 g/mol. The van der Waals surface area contributed by atoms with Crippen LogP contribution in [0.5, 0.6) is 0 Å². The lowest BCUT2D eigenvalue weighted by atomic mass is 9.99. The fraction of sp³-hybridized carbons (Fsp3) is 0.167. The molecule has 4 nitrogen and oxygen atoms in total. The number of fused-ring (bicyclic) bond motifs is 1. The third kappa shape index (κ3) is 3.07. The standard InChI is InChI=1S/C24H20N2O2/c27-24(28)20-12-18(16-7-8-16)13-25-23(20)11-15-6-9-22-19(10-15)21(14-26-22)17-4-2-1-3-5-17/h1-6,9-10,12-14,16,26H,7-8,11H2,(H,27,28). The highest BCUT2D eigenvalue weighted by Crippen LogP contribution is 2.40. The van der Waals surface area contributed by atoms with Crippen molar-refractivity contribution in [2.24, 2.45) is 0 Å². The highest BCUT2D eigenvalue weighted by molar-refractivity contribution is 5.96. The van der Waals surface area contributed by atoms with Crippen LogP contribution in [0, 0.1) is 0 Å². The maximum absolute atomic E-state index is 11.8. The van der Waals surface area contributed by atoms with Gasteiger partial charge in [0.2, 0.25) is 0 Å². The number of aromatic amines is 1. The minimum Gasteiger partial charge on any atom is -0.478 e. The summed E-state index contributed by atoms with van der Waals surface area (Å²) in [7, 11) is 0. The second-order valence-corrected chi connectivity index (χ2v) is 7.47. The molecule has 138 valence electrons. The van der Waals surface area contributed by atoms with Crippen molar-refractivity contribution in [3.63, 3.8) is 0 Å². The summed E-state index contributed by atoms with van der Waals surface area (Å²) in [5.74, 6) is -0.415. The summed E-state index contributed by atoms with van der Waals surface area (Å²) in [5.41, 5.74) is 6.41. The number of hydrogen-bond acceptors (Lipinski definition) is 2. The largest absolute Gasteiger partial charge is 0.478 e. The van der Waals surface area contributed by atoms with E-state index in [0.717, 1.165) is 46.0 Å². The Balaban J connectivity index is 1.53. The zero-order chi connectivity index (χ0) is 19.1. The maximum atomic E-state index is 11.8. The molecule has 0 aliphatic heterocycles. The molecule has 0 amide bonds. The molecule has 0 radical (unpaired) electrons. The van der Waals surface area contributed by atoms with E-state index < -0.39 is 5.97 Å². The van der Waals surface area contributed by atoms with Gasteiger partial charge in [-0.3, -0.25) is 4.98 Å². The lowest BCUT2D eigenvalue weighted by Gasteiger charge is -2.08. The van der Waals surface area contributed by atoms with Gasteiger partial charge in [0.25, 0.3) is 0 Å². The van der Waals surface area contributed by atoms with Gasteiger partial charge in [-0.15, -0.1) is 0 Å². The quantitative estimate of drug-likeness (QED) is 0.496. The van der Waals surface area contributed by atoms with Crippen LogP contribution in [-0.4, -0.2) is 21.0 Å². The number of carboxylic acids is 1. The van der Waals surface area contributed by atoms with Crippen molar-refractivity contribution < 1.29 is 9.90 Å². The van der Waals surface area contributed by atoms with E-state index in [4.69, 9.17) is 0 Å². The Morgan fingerprint density at radius 2 is 1.93 bits per heavy atom. The van der Waals surface area contributed by atoms with Crippen LogP contribution in [0.15, 0.2) is 67.0 Å². The van der Waals surface area contributed by atoms with Crippen molar-refractivity contribution in [3.8, 4) is 11.1 Å². The molecule has 0 spiro atoms. The van der Waals surface area contributed by atoms with E-state index in [1.165, 1.54) is 0 Å². The predicted molar refractivity (Wildman–Crippen MR) is 110 cm³/mol. The minimum absolute atomic E-state index is 0.321. The van der Waals surface area contributed by atoms with Crippen LogP contribution in [0.2, 0.25) is 0 Å². The zero-order valence-corrected chi connectivity index (χ0v) is 15.4. The fourth-order valence-electron chi connectivity index (χ4n) is 3.80. The average molecular weight is 368 g/mol. The molecule has 2 heterocycles. The van der Waals surface area contributed by atoms with Gasteiger partial charge in [0, 0.05) is 35.3 Å². The molecule has 4 heteroatoms. The van der Waals surface area contributed by atoms with Gasteiger partial charge >= 0.3 is 5.97 Å². The van der Waals surface area contributed by atoms with Gasteiger partial charge in [-0.05, 0) is 53.6 Å². The molecule has 1 aliphatic carbocycles. The van der Waals surface area contributed by atoms with Gasteiger partial charge in [-0.2, -0.15) is 0 Å². The first-order valence-corrected chi connectivity index (χ1v) is 9.56. The van der Waals surface area contributed by atoms with Gasteiger partial charge in [-0.1, -0.05) is 36.4 Å². The van der Waals surface area contributed by atoms with Crippen LogP contribution < -0.4 is 0 Å². The van der Waals surface area contributed by atoms with Crippen LogP contribution in [0.3, 0.4) is 0 Å². The molecule has 1 saturated carbocycles. The Morgan fingerprint density at radius 1 is 1.11 bits per heavy atom. The number of nitrogens with one attached hydrogen (secondary N) is 1. The number of rotatable bonds is 5. The number of H-pyrrole nitrogens is 1. The number of aromatic nitrogens is 2. The van der Waals surface area contributed by atoms with Crippen molar-refractivity contribution in [2.75, 3.05) is 0 Å². The van der Waals surface area contributed by atoms with E-state index in [2.05, 4.69) is 34.2 Å². The molecule has 4 aromatic rings. The summed E-state index contributed by atoms with van der Waals surface area (Å²) in [6, 6.07) is 18.3. The van der Waals surface area contributed by atoms with Crippen LogP contribution in [0.4, 0.5) is 0 Å².